The molecule has 0 fully saturated rings. The minimum absolute atomic E-state index is 0.575. The fourth-order valence-electron chi connectivity index (χ4n) is 1.73. The largest absolute Gasteiger partial charge is 0.311 e. The molecule has 0 unspecified atom stereocenters. The fraction of sp³-hybridized carbons (Fsp3) is 0.429. The van der Waals surface area contributed by atoms with Crippen LogP contribution in [0.2, 0.25) is 0 Å². The molecule has 2 rings (SSSR count). The van der Waals surface area contributed by atoms with Gasteiger partial charge in [-0.3, -0.25) is 0 Å². The van der Waals surface area contributed by atoms with Crippen molar-refractivity contribution in [3.8, 4) is 11.6 Å². The summed E-state index contributed by atoms with van der Waals surface area (Å²) >= 11 is 0. The maximum absolute atomic E-state index is 4.51. The van der Waals surface area contributed by atoms with Crippen molar-refractivity contribution in [1.82, 2.24) is 25.3 Å². The molecule has 2 heterocycles. The highest BCUT2D eigenvalue weighted by Crippen LogP contribution is 2.11. The second-order valence-electron chi connectivity index (χ2n) is 4.59. The van der Waals surface area contributed by atoms with Gasteiger partial charge in [0.1, 0.15) is 0 Å². The molecule has 0 saturated heterocycles. The number of hydrogen-bond acceptors (Lipinski definition) is 5. The molecular weight excluding hydrogens is 238 g/mol. The summed E-state index contributed by atoms with van der Waals surface area (Å²) < 4.78 is 0. The molecule has 1 N–H and O–H groups in total. The van der Waals surface area contributed by atoms with Crippen LogP contribution >= 0.6 is 0 Å². The Morgan fingerprint density at radius 1 is 1.05 bits per heavy atom. The van der Waals surface area contributed by atoms with Gasteiger partial charge in [-0.2, -0.15) is 0 Å². The van der Waals surface area contributed by atoms with E-state index in [1.165, 1.54) is 0 Å². The third kappa shape index (κ3) is 3.79. The van der Waals surface area contributed by atoms with Crippen LogP contribution in [0.3, 0.4) is 0 Å². The van der Waals surface area contributed by atoms with Crippen LogP contribution in [0.4, 0.5) is 0 Å². The summed E-state index contributed by atoms with van der Waals surface area (Å²) in [4.78, 5) is 17.4. The van der Waals surface area contributed by atoms with Gasteiger partial charge in [-0.05, 0) is 38.4 Å². The van der Waals surface area contributed by atoms with Gasteiger partial charge in [0, 0.05) is 24.6 Å². The third-order valence-corrected chi connectivity index (χ3v) is 2.62. The van der Waals surface area contributed by atoms with E-state index in [-0.39, 0.29) is 0 Å². The lowest BCUT2D eigenvalue weighted by atomic mass is 10.3. The van der Waals surface area contributed by atoms with Crippen LogP contribution in [0.1, 0.15) is 30.3 Å². The Balaban J connectivity index is 2.23. The number of nitrogens with zero attached hydrogens (tertiary/aromatic N) is 4. The van der Waals surface area contributed by atoms with Crippen molar-refractivity contribution in [3.63, 3.8) is 0 Å². The van der Waals surface area contributed by atoms with Crippen LogP contribution in [-0.4, -0.2) is 26.5 Å². The van der Waals surface area contributed by atoms with E-state index >= 15 is 0 Å². The SMILES string of the molecule is CCCNCc1cc(C)nc(-c2ncc(C)cn2)n1. The lowest BCUT2D eigenvalue weighted by molar-refractivity contribution is 0.662. The van der Waals surface area contributed by atoms with Crippen molar-refractivity contribution in [2.75, 3.05) is 6.54 Å². The highest BCUT2D eigenvalue weighted by molar-refractivity contribution is 5.43. The van der Waals surface area contributed by atoms with Crippen molar-refractivity contribution >= 4 is 0 Å². The molecule has 19 heavy (non-hydrogen) atoms. The van der Waals surface area contributed by atoms with Gasteiger partial charge in [-0.25, -0.2) is 19.9 Å². The Kier molecular flexibility index (Phi) is 4.52. The first-order valence-corrected chi connectivity index (χ1v) is 6.53. The molecule has 0 aromatic carbocycles. The predicted molar refractivity (Wildman–Crippen MR) is 74.5 cm³/mol. The zero-order chi connectivity index (χ0) is 13.7. The first-order valence-electron chi connectivity index (χ1n) is 6.53. The fourth-order valence-corrected chi connectivity index (χ4v) is 1.73. The standard InChI is InChI=1S/C14H19N5/c1-4-5-15-9-12-6-11(3)18-14(19-12)13-16-7-10(2)8-17-13/h6-8,15H,4-5,9H2,1-3H3. The molecule has 0 atom stereocenters. The average Bonchev–Trinajstić information content (AvgIpc) is 2.39. The van der Waals surface area contributed by atoms with Gasteiger partial charge in [0.2, 0.25) is 0 Å². The monoisotopic (exact) mass is 257 g/mol. The van der Waals surface area contributed by atoms with Crippen molar-refractivity contribution in [2.24, 2.45) is 0 Å². The van der Waals surface area contributed by atoms with Gasteiger partial charge in [-0.15, -0.1) is 0 Å². The summed E-state index contributed by atoms with van der Waals surface area (Å²) in [5, 5.41) is 3.34. The minimum atomic E-state index is 0.575. The zero-order valence-corrected chi connectivity index (χ0v) is 11.6. The molecular formula is C14H19N5. The predicted octanol–water partition coefficient (Wildman–Crippen LogP) is 2.05. The molecule has 100 valence electrons. The van der Waals surface area contributed by atoms with E-state index in [0.717, 1.165) is 36.5 Å². The summed E-state index contributed by atoms with van der Waals surface area (Å²) in [5.74, 6) is 1.17. The normalized spacial score (nSPS) is 10.7. The van der Waals surface area contributed by atoms with Gasteiger partial charge < -0.3 is 5.32 Å². The number of aryl methyl sites for hydroxylation is 2. The Bertz CT molecular complexity index is 536. The Morgan fingerprint density at radius 3 is 2.47 bits per heavy atom. The summed E-state index contributed by atoms with van der Waals surface area (Å²) in [5.41, 5.74) is 2.93. The van der Waals surface area contributed by atoms with Crippen molar-refractivity contribution in [2.45, 2.75) is 33.7 Å². The van der Waals surface area contributed by atoms with Gasteiger partial charge in [0.05, 0.1) is 5.69 Å². The number of nitrogens with one attached hydrogen (secondary N) is 1. The van der Waals surface area contributed by atoms with E-state index in [2.05, 4.69) is 32.2 Å². The first kappa shape index (κ1) is 13.5. The van der Waals surface area contributed by atoms with Gasteiger partial charge in [-0.1, -0.05) is 6.92 Å². The number of aromatic nitrogens is 4. The molecule has 2 aromatic heterocycles. The average molecular weight is 257 g/mol. The van der Waals surface area contributed by atoms with E-state index in [1.807, 2.05) is 19.9 Å². The quantitative estimate of drug-likeness (QED) is 0.830. The van der Waals surface area contributed by atoms with Gasteiger partial charge in [0.15, 0.2) is 11.6 Å². The maximum Gasteiger partial charge on any atom is 0.198 e. The van der Waals surface area contributed by atoms with Gasteiger partial charge >= 0.3 is 0 Å². The van der Waals surface area contributed by atoms with E-state index in [1.54, 1.807) is 12.4 Å². The van der Waals surface area contributed by atoms with E-state index in [0.29, 0.717) is 11.6 Å². The van der Waals surface area contributed by atoms with Gasteiger partial charge in [0.25, 0.3) is 0 Å². The third-order valence-electron chi connectivity index (χ3n) is 2.62. The number of rotatable bonds is 5. The molecule has 5 nitrogen and oxygen atoms in total. The maximum atomic E-state index is 4.51. The highest BCUT2D eigenvalue weighted by atomic mass is 15.0. The zero-order valence-electron chi connectivity index (χ0n) is 11.6. The molecule has 0 amide bonds. The summed E-state index contributed by atoms with van der Waals surface area (Å²) in [7, 11) is 0. The van der Waals surface area contributed by atoms with E-state index < -0.39 is 0 Å². The highest BCUT2D eigenvalue weighted by Gasteiger charge is 2.07. The second-order valence-corrected chi connectivity index (χ2v) is 4.59. The van der Waals surface area contributed by atoms with Crippen molar-refractivity contribution in [1.29, 1.82) is 0 Å². The van der Waals surface area contributed by atoms with Crippen LogP contribution in [0.25, 0.3) is 11.6 Å². The summed E-state index contributed by atoms with van der Waals surface area (Å²) in [6, 6.07) is 1.99. The molecule has 5 heteroatoms. The lowest BCUT2D eigenvalue weighted by Gasteiger charge is -2.06. The van der Waals surface area contributed by atoms with Crippen LogP contribution in [0.15, 0.2) is 18.5 Å². The Labute approximate surface area is 113 Å². The Hall–Kier alpha value is -1.88. The molecule has 0 aliphatic carbocycles. The first-order chi connectivity index (χ1) is 9.19. The molecule has 0 bridgehead atoms. The molecule has 0 spiro atoms. The minimum Gasteiger partial charge on any atom is -0.311 e. The van der Waals surface area contributed by atoms with Crippen LogP contribution in [0, 0.1) is 13.8 Å². The summed E-state index contributed by atoms with van der Waals surface area (Å²) in [6.07, 6.45) is 4.67. The molecule has 0 aliphatic rings. The van der Waals surface area contributed by atoms with Crippen molar-refractivity contribution < 1.29 is 0 Å². The van der Waals surface area contributed by atoms with Crippen LogP contribution < -0.4 is 5.32 Å². The Morgan fingerprint density at radius 2 is 1.79 bits per heavy atom. The lowest BCUT2D eigenvalue weighted by Crippen LogP contribution is -2.15. The molecule has 0 saturated carbocycles. The summed E-state index contributed by atoms with van der Waals surface area (Å²) in [6.45, 7) is 7.79. The van der Waals surface area contributed by atoms with Crippen LogP contribution in [0.5, 0.6) is 0 Å². The molecule has 0 radical (unpaired) electrons. The second kappa shape index (κ2) is 6.33. The number of hydrogen-bond donors (Lipinski definition) is 1. The van der Waals surface area contributed by atoms with E-state index in [9.17, 15) is 0 Å². The topological polar surface area (TPSA) is 63.6 Å². The van der Waals surface area contributed by atoms with E-state index in [4.69, 9.17) is 0 Å². The molecule has 0 aliphatic heterocycles. The van der Waals surface area contributed by atoms with Crippen molar-refractivity contribution in [3.05, 3.63) is 35.4 Å². The van der Waals surface area contributed by atoms with Crippen LogP contribution in [-0.2, 0) is 6.54 Å². The smallest absolute Gasteiger partial charge is 0.198 e. The molecule has 2 aromatic rings.